The standard InChI is InChI=1S/C36H30N6O4/c1-45-26-9-3-21(4-10-26)32-39-28-13-7-24(19-30(28)41-32)36(35(37)44)17-15-23(16-18-36)34(43)38-25-8-14-29-31(20-25)42-33(40-29)22-5-11-27(46-2)12-6-22/h3-17,19-20H,18H2,1-2H3,(H2,37,44)(H,38,43)(H,39,41)(H,40,42). The number of methoxy groups -OCH3 is 2. The fraction of sp³-hybridized carbons (Fsp3) is 0.111. The van der Waals surface area contributed by atoms with Crippen LogP contribution in [0.15, 0.2) is 109 Å². The number of carbonyl (C=O) groups is 2. The highest BCUT2D eigenvalue weighted by molar-refractivity contribution is 6.07. The molecule has 0 bridgehead atoms. The first-order valence-corrected chi connectivity index (χ1v) is 14.6. The SMILES string of the molecule is COc1ccc(-c2nc3ccc(NC(=O)C4=CCC(C(N)=O)(c5ccc6nc(-c7ccc(OC)cc7)[nH]c6c5)C=C4)cc3[nH]2)cc1. The minimum absolute atomic E-state index is 0.234. The minimum Gasteiger partial charge on any atom is -0.497 e. The van der Waals surface area contributed by atoms with E-state index < -0.39 is 11.3 Å². The van der Waals surface area contributed by atoms with Crippen molar-refractivity contribution in [3.05, 3.63) is 114 Å². The average molecular weight is 611 g/mol. The van der Waals surface area contributed by atoms with Gasteiger partial charge in [-0.15, -0.1) is 0 Å². The number of H-pyrrole nitrogens is 2. The normalized spacial score (nSPS) is 15.9. The Morgan fingerprint density at radius 3 is 1.87 bits per heavy atom. The molecule has 4 aromatic carbocycles. The third kappa shape index (κ3) is 5.15. The van der Waals surface area contributed by atoms with Gasteiger partial charge in [0, 0.05) is 22.4 Å². The molecule has 1 unspecified atom stereocenters. The van der Waals surface area contributed by atoms with Gasteiger partial charge in [-0.2, -0.15) is 0 Å². The van der Waals surface area contributed by atoms with Crippen molar-refractivity contribution in [1.82, 2.24) is 19.9 Å². The van der Waals surface area contributed by atoms with Crippen LogP contribution in [0.5, 0.6) is 11.5 Å². The number of nitrogens with one attached hydrogen (secondary N) is 3. The first kappa shape index (κ1) is 28.6. The number of hydrogen-bond acceptors (Lipinski definition) is 6. The molecular formula is C36H30N6O4. The Morgan fingerprint density at radius 1 is 0.783 bits per heavy atom. The number of carbonyl (C=O) groups excluding carboxylic acids is 2. The molecule has 1 aliphatic carbocycles. The molecule has 2 aromatic heterocycles. The van der Waals surface area contributed by atoms with Crippen LogP contribution < -0.4 is 20.5 Å². The number of ether oxygens (including phenoxy) is 2. The zero-order valence-electron chi connectivity index (χ0n) is 25.1. The molecular weight excluding hydrogens is 580 g/mol. The van der Waals surface area contributed by atoms with Crippen molar-refractivity contribution >= 4 is 39.6 Å². The second-order valence-corrected chi connectivity index (χ2v) is 11.1. The molecule has 0 aliphatic heterocycles. The van der Waals surface area contributed by atoms with Gasteiger partial charge >= 0.3 is 0 Å². The Balaban J connectivity index is 1.09. The molecule has 7 rings (SSSR count). The maximum atomic E-state index is 13.3. The van der Waals surface area contributed by atoms with Gasteiger partial charge in [0.2, 0.25) is 5.91 Å². The van der Waals surface area contributed by atoms with E-state index in [1.165, 1.54) is 0 Å². The average Bonchev–Trinajstić information content (AvgIpc) is 3.72. The summed E-state index contributed by atoms with van der Waals surface area (Å²) >= 11 is 0. The van der Waals surface area contributed by atoms with Gasteiger partial charge in [0.1, 0.15) is 23.1 Å². The largest absolute Gasteiger partial charge is 0.497 e. The summed E-state index contributed by atoms with van der Waals surface area (Å²) in [5, 5.41) is 2.95. The van der Waals surface area contributed by atoms with Crippen LogP contribution in [0.3, 0.4) is 0 Å². The molecule has 46 heavy (non-hydrogen) atoms. The number of amides is 2. The Hall–Kier alpha value is -6.16. The quantitative estimate of drug-likeness (QED) is 0.165. The molecule has 10 nitrogen and oxygen atoms in total. The van der Waals surface area contributed by atoms with Crippen molar-refractivity contribution in [2.24, 2.45) is 5.73 Å². The van der Waals surface area contributed by atoms with Gasteiger partial charge in [0.25, 0.3) is 5.91 Å². The number of nitrogens with zero attached hydrogens (tertiary/aromatic N) is 2. The number of primary amides is 1. The maximum absolute atomic E-state index is 13.3. The van der Waals surface area contributed by atoms with E-state index in [-0.39, 0.29) is 12.3 Å². The fourth-order valence-corrected chi connectivity index (χ4v) is 5.70. The zero-order valence-corrected chi connectivity index (χ0v) is 25.1. The number of aromatic nitrogens is 4. The van der Waals surface area contributed by atoms with E-state index in [0.29, 0.717) is 28.5 Å². The topological polar surface area (TPSA) is 148 Å². The van der Waals surface area contributed by atoms with E-state index >= 15 is 0 Å². The molecule has 0 saturated heterocycles. The molecule has 0 saturated carbocycles. The molecule has 10 heteroatoms. The molecule has 1 atom stereocenters. The van der Waals surface area contributed by atoms with Crippen LogP contribution in [0.25, 0.3) is 44.8 Å². The van der Waals surface area contributed by atoms with Crippen LogP contribution in [0.4, 0.5) is 5.69 Å². The highest BCUT2D eigenvalue weighted by Gasteiger charge is 2.37. The summed E-state index contributed by atoms with van der Waals surface area (Å²) in [5.41, 5.74) is 11.5. The summed E-state index contributed by atoms with van der Waals surface area (Å²) in [5.74, 6) is 2.14. The first-order valence-electron chi connectivity index (χ1n) is 14.6. The lowest BCUT2D eigenvalue weighted by Gasteiger charge is -2.29. The van der Waals surface area contributed by atoms with Gasteiger partial charge in [0.15, 0.2) is 0 Å². The van der Waals surface area contributed by atoms with Crippen LogP contribution in [0, 0.1) is 0 Å². The molecule has 0 spiro atoms. The van der Waals surface area contributed by atoms with Crippen molar-refractivity contribution in [2.45, 2.75) is 11.8 Å². The number of anilines is 1. The van der Waals surface area contributed by atoms with E-state index in [4.69, 9.17) is 20.2 Å². The molecule has 2 amide bonds. The van der Waals surface area contributed by atoms with Gasteiger partial charge in [0.05, 0.1) is 41.7 Å². The lowest BCUT2D eigenvalue weighted by molar-refractivity contribution is -0.122. The van der Waals surface area contributed by atoms with Gasteiger partial charge in [-0.25, -0.2) is 9.97 Å². The number of benzene rings is 4. The van der Waals surface area contributed by atoms with Crippen LogP contribution in [-0.2, 0) is 15.0 Å². The second-order valence-electron chi connectivity index (χ2n) is 11.1. The number of rotatable bonds is 8. The maximum Gasteiger partial charge on any atom is 0.255 e. The van der Waals surface area contributed by atoms with Crippen LogP contribution in [-0.4, -0.2) is 46.0 Å². The predicted octanol–water partition coefficient (Wildman–Crippen LogP) is 6.04. The Labute approximate surface area is 264 Å². The monoisotopic (exact) mass is 610 g/mol. The van der Waals surface area contributed by atoms with Crippen molar-refractivity contribution in [1.29, 1.82) is 0 Å². The van der Waals surface area contributed by atoms with Gasteiger partial charge in [-0.3, -0.25) is 9.59 Å². The molecule has 2 heterocycles. The first-order chi connectivity index (χ1) is 22.3. The number of hydrogen-bond donors (Lipinski definition) is 4. The van der Waals surface area contributed by atoms with Crippen molar-refractivity contribution in [3.63, 3.8) is 0 Å². The Bertz CT molecular complexity index is 2180. The van der Waals surface area contributed by atoms with Crippen molar-refractivity contribution < 1.29 is 19.1 Å². The van der Waals surface area contributed by atoms with Crippen LogP contribution in [0.1, 0.15) is 12.0 Å². The second kappa shape index (κ2) is 11.4. The van der Waals surface area contributed by atoms with E-state index in [1.807, 2.05) is 78.9 Å². The van der Waals surface area contributed by atoms with Crippen LogP contribution in [0.2, 0.25) is 0 Å². The minimum atomic E-state index is -1.12. The predicted molar refractivity (Wildman–Crippen MR) is 178 cm³/mol. The lowest BCUT2D eigenvalue weighted by atomic mass is 9.73. The molecule has 1 aliphatic rings. The number of nitrogens with two attached hydrogens (primary N) is 1. The fourth-order valence-electron chi connectivity index (χ4n) is 5.70. The molecule has 228 valence electrons. The van der Waals surface area contributed by atoms with Gasteiger partial charge in [-0.1, -0.05) is 24.3 Å². The Morgan fingerprint density at radius 2 is 1.35 bits per heavy atom. The number of aromatic amines is 2. The highest BCUT2D eigenvalue weighted by Crippen LogP contribution is 2.36. The number of imidazole rings is 2. The summed E-state index contributed by atoms with van der Waals surface area (Å²) in [7, 11) is 3.25. The summed E-state index contributed by atoms with van der Waals surface area (Å²) in [6.45, 7) is 0. The summed E-state index contributed by atoms with van der Waals surface area (Å²) in [4.78, 5) is 42.2. The number of allylic oxidation sites excluding steroid dienone is 1. The smallest absolute Gasteiger partial charge is 0.255 e. The van der Waals surface area contributed by atoms with Gasteiger partial charge in [-0.05, 0) is 90.8 Å². The third-order valence-electron chi connectivity index (χ3n) is 8.36. The summed E-state index contributed by atoms with van der Waals surface area (Å²) in [6.07, 6.45) is 5.35. The third-order valence-corrected chi connectivity index (χ3v) is 8.36. The highest BCUT2D eigenvalue weighted by atomic mass is 16.5. The molecule has 0 fully saturated rings. The number of fused-ring (bicyclic) bond motifs is 2. The van der Waals surface area contributed by atoms with Crippen LogP contribution >= 0.6 is 0 Å². The van der Waals surface area contributed by atoms with Crippen molar-refractivity contribution in [2.75, 3.05) is 19.5 Å². The molecule has 5 N–H and O–H groups in total. The molecule has 0 radical (unpaired) electrons. The van der Waals surface area contributed by atoms with Gasteiger partial charge < -0.3 is 30.5 Å². The van der Waals surface area contributed by atoms with Crippen molar-refractivity contribution in [3.8, 4) is 34.3 Å². The summed E-state index contributed by atoms with van der Waals surface area (Å²) in [6, 6.07) is 26.3. The summed E-state index contributed by atoms with van der Waals surface area (Å²) < 4.78 is 10.5. The van der Waals surface area contributed by atoms with E-state index in [2.05, 4.69) is 20.3 Å². The van der Waals surface area contributed by atoms with E-state index in [9.17, 15) is 9.59 Å². The molecule has 6 aromatic rings. The zero-order chi connectivity index (χ0) is 31.8. The van der Waals surface area contributed by atoms with E-state index in [0.717, 1.165) is 44.7 Å². The lowest BCUT2D eigenvalue weighted by Crippen LogP contribution is -2.40. The Kier molecular flexibility index (Phi) is 7.09. The van der Waals surface area contributed by atoms with E-state index in [1.54, 1.807) is 38.5 Å².